The number of phosphoric acid groups is 1. The highest BCUT2D eigenvalue weighted by molar-refractivity contribution is 7.47. The summed E-state index contributed by atoms with van der Waals surface area (Å²) in [5.74, 6) is -0.646. The Hall–Kier alpha value is -6.65. The number of cyclic esters (lactones) is 2. The Balaban J connectivity index is 0.797. The van der Waals surface area contributed by atoms with Crippen LogP contribution in [0, 0.1) is 11.6 Å². The van der Waals surface area contributed by atoms with Crippen LogP contribution in [0.2, 0.25) is 0 Å². The van der Waals surface area contributed by atoms with E-state index < -0.39 is 57.1 Å². The van der Waals surface area contributed by atoms with E-state index in [0.29, 0.717) is 34.2 Å². The molecule has 58 heavy (non-hydrogen) atoms. The third-order valence-electron chi connectivity index (χ3n) is 8.73. The van der Waals surface area contributed by atoms with Gasteiger partial charge in [-0.3, -0.25) is 24.3 Å². The standard InChI is InChI=1S/C34H29F2N12O9P/c1-45-41-31(39-43-45)29-9-3-19(13-37-29)25-7-5-21(11-27(25)35)47-15-23(55-33(47)49)17-53-57-58(51,52)54-18-24-16-48(34(50)56-24)22-6-8-26(28(36)12-22)20-4-10-30(38-14-20)32-40-44-46(2)42-32/h3-14,23-24H,15-18H2,1-2H3,(H,51,52)/t23-,24-/m1/s1. The average molecular weight is 819 g/mol. The number of amides is 2. The second-order valence-electron chi connectivity index (χ2n) is 12.8. The fourth-order valence-electron chi connectivity index (χ4n) is 5.97. The van der Waals surface area contributed by atoms with Crippen molar-refractivity contribution >= 4 is 31.4 Å². The Morgan fingerprint density at radius 1 is 0.741 bits per heavy atom. The molecule has 0 saturated carbocycles. The Labute approximate surface area is 325 Å². The Morgan fingerprint density at radius 3 is 1.64 bits per heavy atom. The predicted octanol–water partition coefficient (Wildman–Crippen LogP) is 3.89. The maximum atomic E-state index is 15.2. The monoisotopic (exact) mass is 818 g/mol. The number of hydrogen-bond donors (Lipinski definition) is 1. The first-order valence-electron chi connectivity index (χ1n) is 17.1. The van der Waals surface area contributed by atoms with Gasteiger partial charge in [0.1, 0.15) is 41.8 Å². The lowest BCUT2D eigenvalue weighted by molar-refractivity contribution is -0.236. The van der Waals surface area contributed by atoms with Gasteiger partial charge in [0.2, 0.25) is 11.6 Å². The lowest BCUT2D eigenvalue weighted by atomic mass is 10.1. The summed E-state index contributed by atoms with van der Waals surface area (Å²) in [5, 5.41) is 23.5. The van der Waals surface area contributed by atoms with Gasteiger partial charge in [-0.1, -0.05) is 12.1 Å². The number of carbonyl (C=O) groups is 2. The first-order chi connectivity index (χ1) is 27.9. The van der Waals surface area contributed by atoms with Crippen molar-refractivity contribution in [3.05, 3.63) is 84.7 Å². The zero-order valence-corrected chi connectivity index (χ0v) is 31.1. The molecule has 2 amide bonds. The topological polar surface area (TPSA) is 237 Å². The molecule has 6 heterocycles. The molecular weight excluding hydrogens is 789 g/mol. The molecule has 2 saturated heterocycles. The molecule has 4 aromatic heterocycles. The molecule has 298 valence electrons. The maximum absolute atomic E-state index is 15.2. The third-order valence-corrected chi connectivity index (χ3v) is 9.49. The van der Waals surface area contributed by atoms with Gasteiger partial charge in [0, 0.05) is 34.6 Å². The van der Waals surface area contributed by atoms with Crippen molar-refractivity contribution in [1.29, 1.82) is 0 Å². The Bertz CT molecular complexity index is 2540. The van der Waals surface area contributed by atoms with Gasteiger partial charge in [-0.05, 0) is 59.0 Å². The van der Waals surface area contributed by atoms with Crippen LogP contribution in [0.25, 0.3) is 45.3 Å². The van der Waals surface area contributed by atoms with Gasteiger partial charge in [0.15, 0.2) is 0 Å². The zero-order valence-electron chi connectivity index (χ0n) is 30.2. The van der Waals surface area contributed by atoms with Gasteiger partial charge >= 0.3 is 20.0 Å². The molecule has 2 fully saturated rings. The van der Waals surface area contributed by atoms with Crippen LogP contribution in [0.5, 0.6) is 0 Å². The molecule has 2 aliphatic heterocycles. The number of hydrogen-bond acceptors (Lipinski definition) is 16. The van der Waals surface area contributed by atoms with Crippen LogP contribution >= 0.6 is 7.82 Å². The number of rotatable bonds is 13. The number of ether oxygens (including phenoxy) is 2. The minimum Gasteiger partial charge on any atom is -0.441 e. The Morgan fingerprint density at radius 2 is 1.22 bits per heavy atom. The predicted molar refractivity (Wildman–Crippen MR) is 193 cm³/mol. The fourth-order valence-corrected chi connectivity index (χ4v) is 6.56. The van der Waals surface area contributed by atoms with Crippen molar-refractivity contribution in [3.8, 4) is 45.3 Å². The smallest absolute Gasteiger partial charge is 0.441 e. The first kappa shape index (κ1) is 38.2. The molecular formula is C34H29F2N12O9P. The number of tetrazole rings is 2. The third kappa shape index (κ3) is 8.24. The molecule has 21 nitrogen and oxygen atoms in total. The number of aryl methyl sites for hydroxylation is 2. The molecule has 0 aliphatic carbocycles. The lowest BCUT2D eigenvalue weighted by Gasteiger charge is -2.16. The summed E-state index contributed by atoms with van der Waals surface area (Å²) in [6, 6.07) is 14.8. The van der Waals surface area contributed by atoms with Crippen LogP contribution in [0.4, 0.5) is 29.7 Å². The first-order valence-corrected chi connectivity index (χ1v) is 18.6. The van der Waals surface area contributed by atoms with Crippen molar-refractivity contribution in [3.63, 3.8) is 0 Å². The van der Waals surface area contributed by atoms with E-state index in [1.807, 2.05) is 0 Å². The quantitative estimate of drug-likeness (QED) is 0.0988. The summed E-state index contributed by atoms with van der Waals surface area (Å²) in [7, 11) is -1.63. The number of aromatic nitrogens is 10. The van der Waals surface area contributed by atoms with Crippen LogP contribution in [-0.4, -0.2) is 106 Å². The number of anilines is 2. The molecule has 0 radical (unpaired) electrons. The van der Waals surface area contributed by atoms with E-state index in [1.165, 1.54) is 46.3 Å². The van der Waals surface area contributed by atoms with Crippen LogP contribution in [0.1, 0.15) is 0 Å². The molecule has 2 aliphatic rings. The lowest BCUT2D eigenvalue weighted by Crippen LogP contribution is -2.26. The molecule has 0 spiro atoms. The van der Waals surface area contributed by atoms with Gasteiger partial charge in [-0.25, -0.2) is 27.8 Å². The molecule has 1 unspecified atom stereocenters. The van der Waals surface area contributed by atoms with E-state index in [0.717, 1.165) is 21.9 Å². The second kappa shape index (κ2) is 15.7. The van der Waals surface area contributed by atoms with E-state index in [9.17, 15) is 19.0 Å². The van der Waals surface area contributed by atoms with Crippen LogP contribution in [-0.2, 0) is 42.2 Å². The minimum atomic E-state index is -4.86. The number of halogens is 2. The largest absolute Gasteiger partial charge is 0.499 e. The van der Waals surface area contributed by atoms with Crippen LogP contribution in [0.15, 0.2) is 73.1 Å². The molecule has 0 bridgehead atoms. The molecule has 3 atom stereocenters. The molecule has 1 N–H and O–H groups in total. The van der Waals surface area contributed by atoms with E-state index in [1.54, 1.807) is 38.4 Å². The summed E-state index contributed by atoms with van der Waals surface area (Å²) < 4.78 is 63.0. The highest BCUT2D eigenvalue weighted by Gasteiger charge is 2.37. The minimum absolute atomic E-state index is 0.0981. The summed E-state index contributed by atoms with van der Waals surface area (Å²) in [6.45, 7) is -1.30. The number of pyridine rings is 2. The summed E-state index contributed by atoms with van der Waals surface area (Å²) in [6.07, 6.45) is -0.716. The van der Waals surface area contributed by atoms with E-state index in [4.69, 9.17) is 18.9 Å². The van der Waals surface area contributed by atoms with E-state index >= 15 is 8.78 Å². The number of nitrogens with zero attached hydrogens (tertiary/aromatic N) is 12. The van der Waals surface area contributed by atoms with Gasteiger partial charge in [0.25, 0.3) is 0 Å². The summed E-state index contributed by atoms with van der Waals surface area (Å²) in [4.78, 5) is 53.7. The molecule has 6 aromatic rings. The highest BCUT2D eigenvalue weighted by Crippen LogP contribution is 2.44. The fraction of sp³-hybridized carbons (Fsp3) is 0.235. The van der Waals surface area contributed by atoms with Gasteiger partial charge in [-0.15, -0.1) is 25.1 Å². The second-order valence-corrected chi connectivity index (χ2v) is 14.1. The summed E-state index contributed by atoms with van der Waals surface area (Å²) in [5.41, 5.74) is 2.66. The van der Waals surface area contributed by atoms with Gasteiger partial charge in [0.05, 0.1) is 45.2 Å². The van der Waals surface area contributed by atoms with Gasteiger partial charge < -0.3 is 14.4 Å². The average Bonchev–Trinajstić information content (AvgIpc) is 4.01. The van der Waals surface area contributed by atoms with Gasteiger partial charge in [-0.2, -0.15) is 9.59 Å². The van der Waals surface area contributed by atoms with E-state index in [2.05, 4.69) is 45.5 Å². The highest BCUT2D eigenvalue weighted by atomic mass is 31.2. The number of phosphoric ester groups is 1. The van der Waals surface area contributed by atoms with Crippen molar-refractivity contribution < 1.29 is 51.4 Å². The normalized spacial score (nSPS) is 17.7. The van der Waals surface area contributed by atoms with Crippen molar-refractivity contribution in [2.45, 2.75) is 12.2 Å². The van der Waals surface area contributed by atoms with Crippen LogP contribution < -0.4 is 9.80 Å². The molecule has 24 heteroatoms. The van der Waals surface area contributed by atoms with Crippen molar-refractivity contribution in [2.24, 2.45) is 14.1 Å². The van der Waals surface area contributed by atoms with E-state index in [-0.39, 0.29) is 35.6 Å². The molecule has 8 rings (SSSR count). The zero-order chi connectivity index (χ0) is 40.6. The molecule has 2 aromatic carbocycles. The van der Waals surface area contributed by atoms with Crippen LogP contribution in [0.3, 0.4) is 0 Å². The maximum Gasteiger partial charge on any atom is 0.499 e. The van der Waals surface area contributed by atoms with Crippen molar-refractivity contribution in [1.82, 2.24) is 50.4 Å². The number of carbonyl (C=O) groups excluding carboxylic acids is 2. The Kier molecular flexibility index (Phi) is 10.4. The SMILES string of the molecule is Cn1nnc(-c2ccc(-c3ccc(N4C[C@H](COOP(=O)(O)OC[C@H]5CN(c6ccc(-c7ccc(-c8nnn(C)n8)nc7)c(F)c6)C(=O)O5)OC4=O)cc3F)cn2)n1. The summed E-state index contributed by atoms with van der Waals surface area (Å²) >= 11 is 0. The van der Waals surface area contributed by atoms with Crippen molar-refractivity contribution in [2.75, 3.05) is 36.1 Å². The number of benzene rings is 2.